The van der Waals surface area contributed by atoms with Crippen LogP contribution < -0.4 is 10.3 Å². The molecule has 0 saturated heterocycles. The maximum Gasteiger partial charge on any atom is 0.272 e. The second kappa shape index (κ2) is 8.01. The lowest BCUT2D eigenvalue weighted by atomic mass is 10.0. The second-order valence-electron chi connectivity index (χ2n) is 6.65. The number of rotatable bonds is 6. The molecule has 1 aromatic carbocycles. The van der Waals surface area contributed by atoms with Gasteiger partial charge in [0.05, 0.1) is 32.9 Å². The summed E-state index contributed by atoms with van der Waals surface area (Å²) in [6.45, 7) is 5.36. The van der Waals surface area contributed by atoms with E-state index >= 15 is 0 Å². The molecule has 25 heavy (non-hydrogen) atoms. The van der Waals surface area contributed by atoms with Crippen molar-refractivity contribution < 1.29 is 13.0 Å². The topological polar surface area (TPSA) is 74.8 Å². The molecule has 0 radical (unpaired) electrons. The summed E-state index contributed by atoms with van der Waals surface area (Å²) in [7, 11) is -1.47. The van der Waals surface area contributed by atoms with E-state index in [1.54, 1.807) is 39.0 Å². The lowest BCUT2D eigenvalue weighted by Crippen LogP contribution is -2.36. The van der Waals surface area contributed by atoms with E-state index in [1.165, 1.54) is 0 Å². The Balaban J connectivity index is 2.51. The molecule has 2 N–H and O–H groups in total. The van der Waals surface area contributed by atoms with Crippen molar-refractivity contribution >= 4 is 37.7 Å². The number of nitrogens with one attached hydrogen (secondary N) is 2. The third-order valence-electron chi connectivity index (χ3n) is 3.59. The first-order valence-electron chi connectivity index (χ1n) is 7.73. The highest BCUT2D eigenvalue weighted by atomic mass is 79.9. The molecular formula is C16H20BrF2N3O2S. The SMILES string of the molecule is CC(C)(C)S(=O)NC(CCC(F)F)c1n[nH]c(=O)c2ccc(Br)cc12. The number of alkyl halides is 2. The Kier molecular flexibility index (Phi) is 6.45. The highest BCUT2D eigenvalue weighted by molar-refractivity contribution is 9.10. The molecule has 0 aliphatic rings. The summed E-state index contributed by atoms with van der Waals surface area (Å²) < 4.78 is 41.0. The lowest BCUT2D eigenvalue weighted by Gasteiger charge is -2.24. The normalized spacial score (nSPS) is 14.8. The number of hydrogen-bond donors (Lipinski definition) is 2. The van der Waals surface area contributed by atoms with Gasteiger partial charge < -0.3 is 0 Å². The zero-order chi connectivity index (χ0) is 18.8. The fourth-order valence-corrected chi connectivity index (χ4v) is 3.48. The van der Waals surface area contributed by atoms with E-state index in [0.29, 0.717) is 16.5 Å². The molecule has 9 heteroatoms. The van der Waals surface area contributed by atoms with Gasteiger partial charge >= 0.3 is 0 Å². The molecule has 1 heterocycles. The zero-order valence-electron chi connectivity index (χ0n) is 14.1. The van der Waals surface area contributed by atoms with Crippen LogP contribution in [0.3, 0.4) is 0 Å². The first-order chi connectivity index (χ1) is 11.6. The van der Waals surface area contributed by atoms with Gasteiger partial charge in [0.15, 0.2) is 0 Å². The summed E-state index contributed by atoms with van der Waals surface area (Å²) in [5, 5.41) is 7.40. The van der Waals surface area contributed by atoms with Gasteiger partial charge in [0, 0.05) is 16.3 Å². The fraction of sp³-hybridized carbons (Fsp3) is 0.500. The minimum Gasteiger partial charge on any atom is -0.267 e. The molecule has 0 amide bonds. The van der Waals surface area contributed by atoms with Gasteiger partial charge in [-0.15, -0.1) is 0 Å². The minimum absolute atomic E-state index is 0.0418. The van der Waals surface area contributed by atoms with Gasteiger partial charge in [0.2, 0.25) is 6.43 Å². The van der Waals surface area contributed by atoms with E-state index in [9.17, 15) is 17.8 Å². The monoisotopic (exact) mass is 435 g/mol. The number of aromatic amines is 1. The van der Waals surface area contributed by atoms with E-state index in [-0.39, 0.29) is 18.4 Å². The molecule has 1 aromatic heterocycles. The molecule has 0 aliphatic carbocycles. The fourth-order valence-electron chi connectivity index (χ4n) is 2.27. The number of halogens is 3. The molecule has 2 atom stereocenters. The predicted octanol–water partition coefficient (Wildman–Crippen LogP) is 3.82. The Hall–Kier alpha value is -1.19. The maximum absolute atomic E-state index is 12.7. The van der Waals surface area contributed by atoms with Crippen molar-refractivity contribution in [3.05, 3.63) is 38.7 Å². The third-order valence-corrected chi connectivity index (χ3v) is 5.69. The highest BCUT2D eigenvalue weighted by Crippen LogP contribution is 2.28. The van der Waals surface area contributed by atoms with Crippen LogP contribution in [0.15, 0.2) is 27.5 Å². The van der Waals surface area contributed by atoms with Crippen molar-refractivity contribution in [2.24, 2.45) is 0 Å². The van der Waals surface area contributed by atoms with E-state index in [2.05, 4.69) is 30.8 Å². The summed E-state index contributed by atoms with van der Waals surface area (Å²) in [4.78, 5) is 12.0. The van der Waals surface area contributed by atoms with Gasteiger partial charge in [-0.3, -0.25) is 4.79 Å². The number of H-pyrrole nitrogens is 1. The molecule has 138 valence electrons. The van der Waals surface area contributed by atoms with Gasteiger partial charge in [0.1, 0.15) is 0 Å². The molecule has 2 rings (SSSR count). The number of aromatic nitrogens is 2. The first-order valence-corrected chi connectivity index (χ1v) is 9.68. The molecule has 0 spiro atoms. The van der Waals surface area contributed by atoms with Crippen molar-refractivity contribution in [3.63, 3.8) is 0 Å². The smallest absolute Gasteiger partial charge is 0.267 e. The summed E-state index contributed by atoms with van der Waals surface area (Å²) in [5.74, 6) is 0. The van der Waals surface area contributed by atoms with Crippen molar-refractivity contribution in [2.75, 3.05) is 0 Å². The van der Waals surface area contributed by atoms with Crippen molar-refractivity contribution in [1.29, 1.82) is 0 Å². The highest BCUT2D eigenvalue weighted by Gasteiger charge is 2.26. The van der Waals surface area contributed by atoms with Crippen LogP contribution in [0, 0.1) is 0 Å². The van der Waals surface area contributed by atoms with Crippen LogP contribution in [-0.2, 0) is 11.0 Å². The van der Waals surface area contributed by atoms with Crippen LogP contribution in [0.25, 0.3) is 10.8 Å². The van der Waals surface area contributed by atoms with Gasteiger partial charge in [-0.1, -0.05) is 15.9 Å². The third kappa shape index (κ3) is 5.15. The first kappa shape index (κ1) is 20.1. The quantitative estimate of drug-likeness (QED) is 0.723. The van der Waals surface area contributed by atoms with Crippen LogP contribution in [0.5, 0.6) is 0 Å². The summed E-state index contributed by atoms with van der Waals surface area (Å²) in [6, 6.07) is 4.39. The molecule has 2 unspecified atom stereocenters. The van der Waals surface area contributed by atoms with E-state index in [4.69, 9.17) is 0 Å². The Morgan fingerprint density at radius 3 is 2.56 bits per heavy atom. The zero-order valence-corrected chi connectivity index (χ0v) is 16.5. The van der Waals surface area contributed by atoms with Crippen molar-refractivity contribution in [3.8, 4) is 0 Å². The van der Waals surface area contributed by atoms with Crippen LogP contribution in [0.1, 0.15) is 45.3 Å². The molecule has 5 nitrogen and oxygen atoms in total. The Morgan fingerprint density at radius 2 is 1.96 bits per heavy atom. The molecule has 0 saturated carbocycles. The van der Waals surface area contributed by atoms with Crippen LogP contribution in [-0.4, -0.2) is 25.6 Å². The number of fused-ring (bicyclic) bond motifs is 1. The largest absolute Gasteiger partial charge is 0.272 e. The molecule has 0 bridgehead atoms. The number of benzene rings is 1. The van der Waals surface area contributed by atoms with Gasteiger partial charge in [-0.05, 0) is 45.4 Å². The molecular weight excluding hydrogens is 416 g/mol. The Labute approximate surface area is 155 Å². The van der Waals surface area contributed by atoms with Crippen LogP contribution >= 0.6 is 15.9 Å². The van der Waals surface area contributed by atoms with E-state index in [1.807, 2.05) is 0 Å². The standard InChI is InChI=1S/C16H20BrF2N3O2S/c1-16(2,3)25(24)22-12(6-7-13(18)19)14-11-8-9(17)4-5-10(11)15(23)21-20-14/h4-5,8,12-13,22H,6-7H2,1-3H3,(H,21,23). The summed E-state index contributed by atoms with van der Waals surface area (Å²) >= 11 is 3.34. The van der Waals surface area contributed by atoms with Crippen molar-refractivity contribution in [2.45, 2.75) is 50.8 Å². The second-order valence-corrected chi connectivity index (χ2v) is 9.56. The number of hydrogen-bond acceptors (Lipinski definition) is 3. The summed E-state index contributed by atoms with van der Waals surface area (Å²) in [5.41, 5.74) is 0.0324. The van der Waals surface area contributed by atoms with Crippen LogP contribution in [0.2, 0.25) is 0 Å². The van der Waals surface area contributed by atoms with Crippen LogP contribution in [0.4, 0.5) is 8.78 Å². The predicted molar refractivity (Wildman–Crippen MR) is 99.1 cm³/mol. The Bertz CT molecular complexity index is 836. The van der Waals surface area contributed by atoms with Gasteiger partial charge in [0.25, 0.3) is 5.56 Å². The average molecular weight is 436 g/mol. The van der Waals surface area contributed by atoms with E-state index in [0.717, 1.165) is 4.47 Å². The van der Waals surface area contributed by atoms with E-state index < -0.39 is 28.2 Å². The minimum atomic E-state index is -2.48. The molecule has 0 fully saturated rings. The van der Waals surface area contributed by atoms with Crippen molar-refractivity contribution in [1.82, 2.24) is 14.9 Å². The van der Waals surface area contributed by atoms with Gasteiger partial charge in [-0.2, -0.15) is 5.10 Å². The maximum atomic E-state index is 12.7. The summed E-state index contributed by atoms with van der Waals surface area (Å²) in [6.07, 6.45) is -2.80. The molecule has 0 aliphatic heterocycles. The Morgan fingerprint density at radius 1 is 1.28 bits per heavy atom. The average Bonchev–Trinajstić information content (AvgIpc) is 2.50. The molecule has 2 aromatic rings. The lowest BCUT2D eigenvalue weighted by molar-refractivity contribution is 0.131. The van der Waals surface area contributed by atoms with Gasteiger partial charge in [-0.25, -0.2) is 22.8 Å². The number of nitrogens with zero attached hydrogens (tertiary/aromatic N) is 1.